The highest BCUT2D eigenvalue weighted by atomic mass is 79.9. The van der Waals surface area contributed by atoms with E-state index < -0.39 is 0 Å². The summed E-state index contributed by atoms with van der Waals surface area (Å²) in [6.45, 7) is 0. The van der Waals surface area contributed by atoms with Crippen LogP contribution in [0.3, 0.4) is 0 Å². The fraction of sp³-hybridized carbons (Fsp3) is 0.300. The first kappa shape index (κ1) is 11.7. The molecule has 0 saturated heterocycles. The lowest BCUT2D eigenvalue weighted by Gasteiger charge is -2.04. The summed E-state index contributed by atoms with van der Waals surface area (Å²) < 4.78 is 0. The summed E-state index contributed by atoms with van der Waals surface area (Å²) in [6, 6.07) is 5.39. The van der Waals surface area contributed by atoms with Gasteiger partial charge in [-0.05, 0) is 23.8 Å². The van der Waals surface area contributed by atoms with Gasteiger partial charge in [0.1, 0.15) is 0 Å². The largest absolute Gasteiger partial charge is 0.398 e. The van der Waals surface area contributed by atoms with E-state index >= 15 is 0 Å². The first-order chi connectivity index (χ1) is 6.69. The second kappa shape index (κ2) is 5.51. The Morgan fingerprint density at radius 2 is 2.07 bits per heavy atom. The highest BCUT2D eigenvalue weighted by Gasteiger charge is 2.06. The first-order valence-electron chi connectivity index (χ1n) is 4.22. The van der Waals surface area contributed by atoms with E-state index in [0.29, 0.717) is 17.1 Å². The SMILES string of the molecule is Nc1ccc(C(=O)CCBr)cc1CBr. The number of nitrogen functional groups attached to an aromatic ring is 1. The van der Waals surface area contributed by atoms with Crippen LogP contribution >= 0.6 is 31.9 Å². The number of carbonyl (C=O) groups is 1. The minimum absolute atomic E-state index is 0.143. The predicted molar refractivity (Wildman–Crippen MR) is 66.2 cm³/mol. The molecule has 0 bridgehead atoms. The van der Waals surface area contributed by atoms with Crippen LogP contribution in [-0.4, -0.2) is 11.1 Å². The second-order valence-electron chi connectivity index (χ2n) is 2.91. The quantitative estimate of drug-likeness (QED) is 0.526. The molecule has 1 aromatic carbocycles. The van der Waals surface area contributed by atoms with Crippen LogP contribution in [0.15, 0.2) is 18.2 Å². The van der Waals surface area contributed by atoms with Gasteiger partial charge in [-0.15, -0.1) is 0 Å². The lowest BCUT2D eigenvalue weighted by Crippen LogP contribution is -2.02. The maximum absolute atomic E-state index is 11.5. The van der Waals surface area contributed by atoms with Gasteiger partial charge in [-0.2, -0.15) is 0 Å². The molecule has 4 heteroatoms. The molecule has 0 amide bonds. The van der Waals surface area contributed by atoms with Crippen LogP contribution in [0, 0.1) is 0 Å². The van der Waals surface area contributed by atoms with Crippen molar-refractivity contribution in [2.45, 2.75) is 11.8 Å². The Kier molecular flexibility index (Phi) is 4.62. The minimum atomic E-state index is 0.143. The topological polar surface area (TPSA) is 43.1 Å². The Labute approximate surface area is 100 Å². The van der Waals surface area contributed by atoms with Crippen molar-refractivity contribution in [2.75, 3.05) is 11.1 Å². The number of nitrogens with two attached hydrogens (primary N) is 1. The molecular formula is C10H11Br2NO. The summed E-state index contributed by atoms with van der Waals surface area (Å²) >= 11 is 6.57. The van der Waals surface area contributed by atoms with E-state index in [-0.39, 0.29) is 5.78 Å². The molecule has 0 spiro atoms. The molecule has 0 unspecified atom stereocenters. The van der Waals surface area contributed by atoms with Crippen molar-refractivity contribution in [3.8, 4) is 0 Å². The number of alkyl halides is 2. The first-order valence-corrected chi connectivity index (χ1v) is 6.47. The molecule has 0 saturated carbocycles. The number of rotatable bonds is 4. The molecule has 0 fully saturated rings. The van der Waals surface area contributed by atoms with Crippen LogP contribution in [-0.2, 0) is 5.33 Å². The smallest absolute Gasteiger partial charge is 0.163 e. The predicted octanol–water partition coefficient (Wildman–Crippen LogP) is 3.13. The summed E-state index contributed by atoms with van der Waals surface area (Å²) in [4.78, 5) is 11.5. The van der Waals surface area contributed by atoms with Gasteiger partial charge in [-0.25, -0.2) is 0 Å². The molecule has 1 aromatic rings. The van der Waals surface area contributed by atoms with Crippen LogP contribution in [0.1, 0.15) is 22.3 Å². The fourth-order valence-electron chi connectivity index (χ4n) is 1.13. The van der Waals surface area contributed by atoms with Gasteiger partial charge >= 0.3 is 0 Å². The van der Waals surface area contributed by atoms with Gasteiger partial charge in [0.05, 0.1) is 0 Å². The normalized spacial score (nSPS) is 10.1. The number of benzene rings is 1. The van der Waals surface area contributed by atoms with E-state index in [1.54, 1.807) is 12.1 Å². The van der Waals surface area contributed by atoms with Crippen LogP contribution in [0.5, 0.6) is 0 Å². The van der Waals surface area contributed by atoms with Gasteiger partial charge in [0.15, 0.2) is 5.78 Å². The van der Waals surface area contributed by atoms with E-state index in [0.717, 1.165) is 16.8 Å². The van der Waals surface area contributed by atoms with Crippen LogP contribution in [0.25, 0.3) is 0 Å². The number of halogens is 2. The molecule has 2 nitrogen and oxygen atoms in total. The van der Waals surface area contributed by atoms with Crippen molar-refractivity contribution < 1.29 is 4.79 Å². The third-order valence-electron chi connectivity index (χ3n) is 1.93. The van der Waals surface area contributed by atoms with Gasteiger partial charge < -0.3 is 5.73 Å². The Bertz CT molecular complexity index is 339. The Morgan fingerprint density at radius 1 is 1.36 bits per heavy atom. The zero-order chi connectivity index (χ0) is 10.6. The maximum atomic E-state index is 11.5. The highest BCUT2D eigenvalue weighted by Crippen LogP contribution is 2.18. The summed E-state index contributed by atoms with van der Waals surface area (Å²) in [7, 11) is 0. The van der Waals surface area contributed by atoms with Crippen LogP contribution < -0.4 is 5.73 Å². The van der Waals surface area contributed by atoms with E-state index in [1.807, 2.05) is 6.07 Å². The molecule has 0 aliphatic heterocycles. The molecule has 0 aliphatic carbocycles. The second-order valence-corrected chi connectivity index (χ2v) is 4.26. The Morgan fingerprint density at radius 3 is 2.64 bits per heavy atom. The lowest BCUT2D eigenvalue weighted by molar-refractivity contribution is 0.0990. The maximum Gasteiger partial charge on any atom is 0.163 e. The van der Waals surface area contributed by atoms with Crippen LogP contribution in [0.4, 0.5) is 5.69 Å². The minimum Gasteiger partial charge on any atom is -0.398 e. The van der Waals surface area contributed by atoms with E-state index in [9.17, 15) is 4.79 Å². The Balaban J connectivity index is 2.94. The van der Waals surface area contributed by atoms with Crippen LogP contribution in [0.2, 0.25) is 0 Å². The van der Waals surface area contributed by atoms with Crippen molar-refractivity contribution >= 4 is 43.3 Å². The third-order valence-corrected chi connectivity index (χ3v) is 2.93. The Hall–Kier alpha value is -0.350. The molecule has 76 valence electrons. The van der Waals surface area contributed by atoms with Gasteiger partial charge in [0.25, 0.3) is 0 Å². The summed E-state index contributed by atoms with van der Waals surface area (Å²) in [6.07, 6.45) is 0.519. The third kappa shape index (κ3) is 2.82. The van der Waals surface area contributed by atoms with E-state index in [4.69, 9.17) is 5.73 Å². The highest BCUT2D eigenvalue weighted by molar-refractivity contribution is 9.09. The molecule has 0 aromatic heterocycles. The molecule has 0 atom stereocenters. The molecule has 14 heavy (non-hydrogen) atoms. The standard InChI is InChI=1S/C10H11Br2NO/c11-4-3-10(14)7-1-2-9(13)8(5-7)6-12/h1-2,5H,3-4,6,13H2. The zero-order valence-corrected chi connectivity index (χ0v) is 10.8. The lowest BCUT2D eigenvalue weighted by atomic mass is 10.1. The van der Waals surface area contributed by atoms with Gasteiger partial charge in [0, 0.05) is 28.3 Å². The summed E-state index contributed by atoms with van der Waals surface area (Å²) in [5.41, 5.74) is 8.14. The van der Waals surface area contributed by atoms with E-state index in [1.165, 1.54) is 0 Å². The van der Waals surface area contributed by atoms with Gasteiger partial charge in [-0.1, -0.05) is 31.9 Å². The number of ketones is 1. The molecule has 2 N–H and O–H groups in total. The van der Waals surface area contributed by atoms with Crippen molar-refractivity contribution in [1.82, 2.24) is 0 Å². The number of carbonyl (C=O) groups excluding carboxylic acids is 1. The zero-order valence-electron chi connectivity index (χ0n) is 7.59. The average molecular weight is 321 g/mol. The molecule has 1 rings (SSSR count). The molecular weight excluding hydrogens is 310 g/mol. The van der Waals surface area contributed by atoms with Crippen molar-refractivity contribution in [3.63, 3.8) is 0 Å². The monoisotopic (exact) mass is 319 g/mol. The molecule has 0 heterocycles. The fourth-order valence-corrected chi connectivity index (χ4v) is 1.97. The van der Waals surface area contributed by atoms with Crippen molar-refractivity contribution in [2.24, 2.45) is 0 Å². The average Bonchev–Trinajstić information content (AvgIpc) is 2.19. The number of anilines is 1. The number of hydrogen-bond donors (Lipinski definition) is 1. The van der Waals surface area contributed by atoms with Gasteiger partial charge in [0.2, 0.25) is 0 Å². The molecule has 0 aliphatic rings. The van der Waals surface area contributed by atoms with Crippen molar-refractivity contribution in [3.05, 3.63) is 29.3 Å². The van der Waals surface area contributed by atoms with Gasteiger partial charge in [-0.3, -0.25) is 4.79 Å². The summed E-state index contributed by atoms with van der Waals surface area (Å²) in [5, 5.41) is 1.37. The summed E-state index contributed by atoms with van der Waals surface area (Å²) in [5.74, 6) is 0.143. The van der Waals surface area contributed by atoms with Crippen molar-refractivity contribution in [1.29, 1.82) is 0 Å². The number of Topliss-reactive ketones (excluding diaryl/α,β-unsaturated/α-hetero) is 1. The van der Waals surface area contributed by atoms with E-state index in [2.05, 4.69) is 31.9 Å². The molecule has 0 radical (unpaired) electrons. The number of hydrogen-bond acceptors (Lipinski definition) is 2.